The van der Waals surface area contributed by atoms with Crippen molar-refractivity contribution in [3.05, 3.63) is 77.0 Å². The van der Waals surface area contributed by atoms with Crippen LogP contribution in [0, 0.1) is 12.8 Å². The molecule has 2 aromatic carbocycles. The Kier molecular flexibility index (Phi) is 5.26. The first-order valence-corrected chi connectivity index (χ1v) is 9.65. The Morgan fingerprint density at radius 2 is 1.86 bits per heavy atom. The largest absolute Gasteiger partial charge is 0.392 e. The normalized spacial score (nSPS) is 16.5. The van der Waals surface area contributed by atoms with E-state index in [1.54, 1.807) is 6.92 Å². The summed E-state index contributed by atoms with van der Waals surface area (Å²) < 4.78 is 5.36. The topological polar surface area (TPSA) is 66.6 Å². The van der Waals surface area contributed by atoms with E-state index >= 15 is 0 Å². The molecule has 1 fully saturated rings. The fourth-order valence-corrected chi connectivity index (χ4v) is 3.87. The zero-order valence-electron chi connectivity index (χ0n) is 16.0. The van der Waals surface area contributed by atoms with Crippen LogP contribution in [0.5, 0.6) is 0 Å². The van der Waals surface area contributed by atoms with Gasteiger partial charge in [0.2, 0.25) is 0 Å². The first-order valence-electron chi connectivity index (χ1n) is 9.65. The average molecular weight is 376 g/mol. The maximum absolute atomic E-state index is 13.2. The molecular weight excluding hydrogens is 352 g/mol. The van der Waals surface area contributed by atoms with E-state index in [0.29, 0.717) is 22.9 Å². The van der Waals surface area contributed by atoms with Crippen LogP contribution < -0.4 is 0 Å². The fourth-order valence-electron chi connectivity index (χ4n) is 3.87. The third kappa shape index (κ3) is 3.71. The van der Waals surface area contributed by atoms with E-state index in [0.717, 1.165) is 37.1 Å². The average Bonchev–Trinajstić information content (AvgIpc) is 3.35. The van der Waals surface area contributed by atoms with Crippen molar-refractivity contribution in [2.75, 3.05) is 13.1 Å². The number of rotatable bonds is 5. The first-order chi connectivity index (χ1) is 13.7. The summed E-state index contributed by atoms with van der Waals surface area (Å²) in [6, 6.07) is 17.7. The second-order valence-electron chi connectivity index (χ2n) is 7.41. The Hall–Kier alpha value is -2.92. The quantitative estimate of drug-likeness (QED) is 0.735. The van der Waals surface area contributed by atoms with Gasteiger partial charge in [0.1, 0.15) is 17.0 Å². The zero-order valence-corrected chi connectivity index (χ0v) is 16.0. The predicted octanol–water partition coefficient (Wildman–Crippen LogP) is 3.85. The minimum absolute atomic E-state index is 0.00395. The van der Waals surface area contributed by atoms with Gasteiger partial charge in [-0.1, -0.05) is 59.8 Å². The van der Waals surface area contributed by atoms with Crippen LogP contribution in [0.3, 0.4) is 0 Å². The highest BCUT2D eigenvalue weighted by Crippen LogP contribution is 2.29. The molecule has 1 aromatic heterocycles. The van der Waals surface area contributed by atoms with Crippen LogP contribution in [0.1, 0.15) is 33.7 Å². The van der Waals surface area contributed by atoms with Crippen LogP contribution in [0.15, 0.2) is 59.1 Å². The van der Waals surface area contributed by atoms with Crippen molar-refractivity contribution in [3.8, 4) is 11.3 Å². The van der Waals surface area contributed by atoms with Gasteiger partial charge in [-0.15, -0.1) is 0 Å². The Labute approximate surface area is 164 Å². The number of nitrogens with zero attached hydrogens (tertiary/aromatic N) is 2. The molecule has 1 aliphatic rings. The van der Waals surface area contributed by atoms with Crippen molar-refractivity contribution in [2.45, 2.75) is 26.4 Å². The lowest BCUT2D eigenvalue weighted by Gasteiger charge is -2.17. The van der Waals surface area contributed by atoms with Gasteiger partial charge in [0.15, 0.2) is 0 Å². The predicted molar refractivity (Wildman–Crippen MR) is 107 cm³/mol. The molecule has 1 N–H and O–H groups in total. The molecule has 3 aromatic rings. The molecule has 28 heavy (non-hydrogen) atoms. The summed E-state index contributed by atoms with van der Waals surface area (Å²) >= 11 is 0. The van der Waals surface area contributed by atoms with Crippen LogP contribution in [-0.2, 0) is 13.0 Å². The standard InChI is InChI=1S/C23H24N2O3/c1-16-21(22(24-28-16)20-5-3-2-4-6-20)23(27)25-12-11-19(14-25)13-17-7-9-18(15-26)10-8-17/h2-10,19,26H,11-15H2,1H3. The van der Waals surface area contributed by atoms with Crippen LogP contribution in [0.2, 0.25) is 0 Å². The number of amides is 1. The van der Waals surface area contributed by atoms with Gasteiger partial charge in [-0.2, -0.15) is 0 Å². The van der Waals surface area contributed by atoms with Crippen molar-refractivity contribution in [2.24, 2.45) is 5.92 Å². The number of hydrogen-bond acceptors (Lipinski definition) is 4. The molecule has 4 rings (SSSR count). The Balaban J connectivity index is 1.47. The van der Waals surface area contributed by atoms with Crippen molar-refractivity contribution in [1.29, 1.82) is 0 Å². The van der Waals surface area contributed by atoms with Crippen LogP contribution in [0.4, 0.5) is 0 Å². The van der Waals surface area contributed by atoms with Gasteiger partial charge in [0.25, 0.3) is 5.91 Å². The second kappa shape index (κ2) is 7.98. The molecule has 1 atom stereocenters. The SMILES string of the molecule is Cc1onc(-c2ccccc2)c1C(=O)N1CCC(Cc2ccc(CO)cc2)C1. The smallest absolute Gasteiger partial charge is 0.259 e. The van der Waals surface area contributed by atoms with Crippen molar-refractivity contribution < 1.29 is 14.4 Å². The summed E-state index contributed by atoms with van der Waals surface area (Å²) in [6.07, 6.45) is 1.92. The van der Waals surface area contributed by atoms with E-state index in [-0.39, 0.29) is 12.5 Å². The van der Waals surface area contributed by atoms with E-state index < -0.39 is 0 Å². The number of carbonyl (C=O) groups excluding carboxylic acids is 1. The van der Waals surface area contributed by atoms with E-state index in [9.17, 15) is 4.79 Å². The number of aryl methyl sites for hydroxylation is 1. The molecule has 144 valence electrons. The summed E-state index contributed by atoms with van der Waals surface area (Å²) in [4.78, 5) is 15.1. The molecule has 0 aliphatic carbocycles. The summed E-state index contributed by atoms with van der Waals surface area (Å²) in [5.41, 5.74) is 4.23. The van der Waals surface area contributed by atoms with Crippen LogP contribution in [-0.4, -0.2) is 34.2 Å². The summed E-state index contributed by atoms with van der Waals surface area (Å²) in [7, 11) is 0. The Bertz CT molecular complexity index is 948. The lowest BCUT2D eigenvalue weighted by Crippen LogP contribution is -2.29. The number of likely N-dealkylation sites (tertiary alicyclic amines) is 1. The van der Waals surface area contributed by atoms with E-state index in [1.807, 2.05) is 47.4 Å². The minimum atomic E-state index is -0.00395. The number of benzene rings is 2. The number of carbonyl (C=O) groups is 1. The number of aromatic nitrogens is 1. The molecule has 5 nitrogen and oxygen atoms in total. The Morgan fingerprint density at radius 1 is 1.14 bits per heavy atom. The number of aliphatic hydroxyl groups excluding tert-OH is 1. The van der Waals surface area contributed by atoms with Gasteiger partial charge in [0.05, 0.1) is 6.61 Å². The van der Waals surface area contributed by atoms with E-state index in [2.05, 4.69) is 17.3 Å². The highest BCUT2D eigenvalue weighted by atomic mass is 16.5. The highest BCUT2D eigenvalue weighted by molar-refractivity contribution is 6.00. The van der Waals surface area contributed by atoms with Crippen molar-refractivity contribution >= 4 is 5.91 Å². The van der Waals surface area contributed by atoms with Crippen molar-refractivity contribution in [3.63, 3.8) is 0 Å². The summed E-state index contributed by atoms with van der Waals surface area (Å²) in [6.45, 7) is 3.34. The summed E-state index contributed by atoms with van der Waals surface area (Å²) in [5, 5.41) is 13.3. The maximum atomic E-state index is 13.2. The van der Waals surface area contributed by atoms with Gasteiger partial charge in [-0.3, -0.25) is 4.79 Å². The Morgan fingerprint density at radius 3 is 2.57 bits per heavy atom. The lowest BCUT2D eigenvalue weighted by atomic mass is 9.98. The molecule has 0 saturated carbocycles. The molecule has 0 spiro atoms. The van der Waals surface area contributed by atoms with Gasteiger partial charge >= 0.3 is 0 Å². The lowest BCUT2D eigenvalue weighted by molar-refractivity contribution is 0.0786. The molecule has 0 bridgehead atoms. The molecule has 2 heterocycles. The molecule has 1 saturated heterocycles. The maximum Gasteiger partial charge on any atom is 0.259 e. The second-order valence-corrected chi connectivity index (χ2v) is 7.41. The van der Waals surface area contributed by atoms with Gasteiger partial charge in [0, 0.05) is 18.7 Å². The third-order valence-electron chi connectivity index (χ3n) is 5.43. The number of hydrogen-bond donors (Lipinski definition) is 1. The zero-order chi connectivity index (χ0) is 19.5. The third-order valence-corrected chi connectivity index (χ3v) is 5.43. The molecule has 0 radical (unpaired) electrons. The minimum Gasteiger partial charge on any atom is -0.392 e. The van der Waals surface area contributed by atoms with E-state index in [4.69, 9.17) is 9.63 Å². The fraction of sp³-hybridized carbons (Fsp3) is 0.304. The van der Waals surface area contributed by atoms with E-state index in [1.165, 1.54) is 5.56 Å². The first kappa shape index (κ1) is 18.4. The monoisotopic (exact) mass is 376 g/mol. The van der Waals surface area contributed by atoms with Crippen LogP contribution in [0.25, 0.3) is 11.3 Å². The molecule has 1 unspecified atom stereocenters. The van der Waals surface area contributed by atoms with Gasteiger partial charge in [-0.05, 0) is 36.8 Å². The number of aliphatic hydroxyl groups is 1. The molecular formula is C23H24N2O3. The van der Waals surface area contributed by atoms with Gasteiger partial charge < -0.3 is 14.5 Å². The van der Waals surface area contributed by atoms with Crippen molar-refractivity contribution in [1.82, 2.24) is 10.1 Å². The molecule has 1 aliphatic heterocycles. The molecule has 1 amide bonds. The van der Waals surface area contributed by atoms with Gasteiger partial charge in [-0.25, -0.2) is 0 Å². The summed E-state index contributed by atoms with van der Waals surface area (Å²) in [5.74, 6) is 0.992. The highest BCUT2D eigenvalue weighted by Gasteiger charge is 2.31. The molecule has 5 heteroatoms. The van der Waals surface area contributed by atoms with Crippen LogP contribution >= 0.6 is 0 Å².